The Morgan fingerprint density at radius 3 is 2.53 bits per heavy atom. The highest BCUT2D eigenvalue weighted by molar-refractivity contribution is 7.08. The maximum atomic E-state index is 5.82. The van der Waals surface area contributed by atoms with E-state index >= 15 is 0 Å². The van der Waals surface area contributed by atoms with Crippen LogP contribution < -0.4 is 4.74 Å². The number of likely N-dealkylation sites (N-methyl/N-ethyl adjacent to an activating group) is 1. The van der Waals surface area contributed by atoms with Gasteiger partial charge in [-0.2, -0.15) is 0 Å². The summed E-state index contributed by atoms with van der Waals surface area (Å²) in [5, 5.41) is 4.20. The van der Waals surface area contributed by atoms with Crippen molar-refractivity contribution in [1.82, 2.24) is 0 Å². The molecule has 0 spiro atoms. The Kier molecular flexibility index (Phi) is 3.69. The third kappa shape index (κ3) is 2.99. The van der Waals surface area contributed by atoms with Crippen LogP contribution in [0.2, 0.25) is 0 Å². The van der Waals surface area contributed by atoms with Gasteiger partial charge in [-0.05, 0) is 24.5 Å². The minimum atomic E-state index is 0.488. The van der Waals surface area contributed by atoms with Gasteiger partial charge in [-0.1, -0.05) is 12.2 Å². The van der Waals surface area contributed by atoms with Gasteiger partial charge in [0.15, 0.2) is 0 Å². The van der Waals surface area contributed by atoms with Gasteiger partial charge < -0.3 is 9.22 Å². The summed E-state index contributed by atoms with van der Waals surface area (Å²) in [6.45, 7) is 3.87. The van der Waals surface area contributed by atoms with Gasteiger partial charge in [0.1, 0.15) is 24.9 Å². The van der Waals surface area contributed by atoms with Crippen LogP contribution in [0.25, 0.3) is 0 Å². The first-order valence-electron chi connectivity index (χ1n) is 5.93. The molecule has 1 aliphatic rings. The van der Waals surface area contributed by atoms with Crippen molar-refractivity contribution < 1.29 is 9.22 Å². The zero-order chi connectivity index (χ0) is 12.3. The summed E-state index contributed by atoms with van der Waals surface area (Å²) in [4.78, 5) is 0. The molecule has 2 nitrogen and oxygen atoms in total. The molecule has 0 unspecified atom stereocenters. The molecule has 2 rings (SSSR count). The lowest BCUT2D eigenvalue weighted by molar-refractivity contribution is -0.901. The molecule has 1 aromatic heterocycles. The van der Waals surface area contributed by atoms with Crippen molar-refractivity contribution in [2.24, 2.45) is 0 Å². The lowest BCUT2D eigenvalue weighted by Crippen LogP contribution is -2.48. The van der Waals surface area contributed by atoms with Gasteiger partial charge in [0.05, 0.1) is 14.1 Å². The predicted molar refractivity (Wildman–Crippen MR) is 73.6 cm³/mol. The van der Waals surface area contributed by atoms with Crippen LogP contribution in [-0.4, -0.2) is 37.8 Å². The summed E-state index contributed by atoms with van der Waals surface area (Å²) in [5.74, 6) is 1.03. The number of ether oxygens (including phenoxy) is 1. The average Bonchev–Trinajstić information content (AvgIpc) is 2.90. The molecule has 1 aliphatic carbocycles. The molecule has 1 aromatic rings. The lowest BCUT2D eigenvalue weighted by Gasteiger charge is -2.34. The first-order chi connectivity index (χ1) is 8.09. The predicted octanol–water partition coefficient (Wildman–Crippen LogP) is 3.01. The molecule has 0 amide bonds. The van der Waals surface area contributed by atoms with Gasteiger partial charge in [0.25, 0.3) is 0 Å². The van der Waals surface area contributed by atoms with Crippen LogP contribution in [0.15, 0.2) is 35.1 Å². The third-order valence-corrected chi connectivity index (χ3v) is 4.11. The minimum Gasteiger partial charge on any atom is -0.487 e. The summed E-state index contributed by atoms with van der Waals surface area (Å²) in [5.41, 5.74) is 1.24. The monoisotopic (exact) mass is 250 g/mol. The number of nitrogens with zero attached hydrogens (tertiary/aromatic N) is 1. The quantitative estimate of drug-likeness (QED) is 0.730. The van der Waals surface area contributed by atoms with Crippen molar-refractivity contribution in [1.29, 1.82) is 0 Å². The van der Waals surface area contributed by atoms with Crippen LogP contribution in [-0.2, 0) is 0 Å². The molecular weight excluding hydrogens is 230 g/mol. The fourth-order valence-electron chi connectivity index (χ4n) is 1.92. The fourth-order valence-corrected chi connectivity index (χ4v) is 2.69. The van der Waals surface area contributed by atoms with Crippen LogP contribution in [0, 0.1) is 6.92 Å². The first-order valence-corrected chi connectivity index (χ1v) is 6.87. The largest absolute Gasteiger partial charge is 0.487 e. The Hall–Kier alpha value is -1.06. The molecule has 17 heavy (non-hydrogen) atoms. The lowest BCUT2D eigenvalue weighted by atomic mass is 10.2. The first kappa shape index (κ1) is 12.4. The van der Waals surface area contributed by atoms with Gasteiger partial charge >= 0.3 is 0 Å². The Balaban J connectivity index is 1.84. The van der Waals surface area contributed by atoms with E-state index in [0.717, 1.165) is 23.4 Å². The van der Waals surface area contributed by atoms with Gasteiger partial charge in [0.2, 0.25) is 0 Å². The fraction of sp³-hybridized carbons (Fsp3) is 0.429. The van der Waals surface area contributed by atoms with Crippen molar-refractivity contribution in [3.63, 3.8) is 0 Å². The van der Waals surface area contributed by atoms with E-state index in [1.165, 1.54) is 5.56 Å². The molecule has 0 saturated carbocycles. The van der Waals surface area contributed by atoms with Crippen molar-refractivity contribution in [2.75, 3.05) is 27.2 Å². The van der Waals surface area contributed by atoms with Gasteiger partial charge in [-0.25, -0.2) is 0 Å². The van der Waals surface area contributed by atoms with Crippen LogP contribution in [0.1, 0.15) is 5.56 Å². The van der Waals surface area contributed by atoms with Gasteiger partial charge in [-0.3, -0.25) is 0 Å². The standard InChI is InChI=1S/C14H20NOS/c1-12-10-17-11-14(12)16-9-8-15(2,3)13-6-4-5-7-13/h4-7,10-11,13H,8-9H2,1-3H3/q+1. The normalized spacial score (nSPS) is 15.7. The highest BCUT2D eigenvalue weighted by Crippen LogP contribution is 2.22. The van der Waals surface area contributed by atoms with E-state index in [2.05, 4.69) is 56.1 Å². The molecule has 0 N–H and O–H groups in total. The summed E-state index contributed by atoms with van der Waals surface area (Å²) >= 11 is 1.70. The van der Waals surface area contributed by atoms with E-state index < -0.39 is 0 Å². The number of rotatable bonds is 5. The molecule has 0 aliphatic heterocycles. The van der Waals surface area contributed by atoms with Crippen molar-refractivity contribution >= 4 is 11.3 Å². The smallest absolute Gasteiger partial charge is 0.137 e. The zero-order valence-corrected chi connectivity index (χ0v) is 11.5. The molecule has 0 aromatic carbocycles. The molecule has 0 fully saturated rings. The average molecular weight is 250 g/mol. The minimum absolute atomic E-state index is 0.488. The number of hydrogen-bond donors (Lipinski definition) is 0. The molecular formula is C14H20NOS+. The van der Waals surface area contributed by atoms with Gasteiger partial charge in [-0.15, -0.1) is 11.3 Å². The van der Waals surface area contributed by atoms with E-state index in [9.17, 15) is 0 Å². The highest BCUT2D eigenvalue weighted by atomic mass is 32.1. The Morgan fingerprint density at radius 1 is 1.24 bits per heavy atom. The maximum absolute atomic E-state index is 5.82. The second-order valence-corrected chi connectivity index (χ2v) is 5.77. The Bertz CT molecular complexity index is 419. The molecule has 0 atom stereocenters. The number of thiophene rings is 1. The number of quaternary nitrogens is 1. The molecule has 1 heterocycles. The number of allylic oxidation sites excluding steroid dienone is 2. The van der Waals surface area contributed by atoms with Crippen LogP contribution in [0.5, 0.6) is 5.75 Å². The topological polar surface area (TPSA) is 9.23 Å². The Labute approximate surface area is 107 Å². The van der Waals surface area contributed by atoms with Crippen molar-refractivity contribution in [3.05, 3.63) is 40.6 Å². The van der Waals surface area contributed by atoms with Crippen LogP contribution in [0.4, 0.5) is 0 Å². The van der Waals surface area contributed by atoms with Crippen molar-refractivity contribution in [2.45, 2.75) is 13.0 Å². The Morgan fingerprint density at radius 2 is 1.94 bits per heavy atom. The zero-order valence-electron chi connectivity index (χ0n) is 10.7. The molecule has 92 valence electrons. The molecule has 3 heteroatoms. The van der Waals surface area contributed by atoms with Gasteiger partial charge in [0, 0.05) is 10.9 Å². The second kappa shape index (κ2) is 5.07. The number of hydrogen-bond acceptors (Lipinski definition) is 2. The van der Waals surface area contributed by atoms with E-state index in [-0.39, 0.29) is 0 Å². The summed E-state index contributed by atoms with van der Waals surface area (Å²) in [7, 11) is 4.49. The summed E-state index contributed by atoms with van der Waals surface area (Å²) in [6, 6.07) is 0.488. The summed E-state index contributed by atoms with van der Waals surface area (Å²) in [6.07, 6.45) is 8.73. The van der Waals surface area contributed by atoms with E-state index in [0.29, 0.717) is 6.04 Å². The van der Waals surface area contributed by atoms with Crippen molar-refractivity contribution in [3.8, 4) is 5.75 Å². The van der Waals surface area contributed by atoms with Crippen LogP contribution >= 0.6 is 11.3 Å². The van der Waals surface area contributed by atoms with Crippen LogP contribution in [0.3, 0.4) is 0 Å². The number of aryl methyl sites for hydroxylation is 1. The molecule has 0 saturated heterocycles. The molecule has 0 bridgehead atoms. The second-order valence-electron chi connectivity index (χ2n) is 5.03. The van der Waals surface area contributed by atoms with E-state index in [1.807, 2.05) is 0 Å². The summed E-state index contributed by atoms with van der Waals surface area (Å²) < 4.78 is 6.76. The molecule has 0 radical (unpaired) electrons. The van der Waals surface area contributed by atoms with E-state index in [4.69, 9.17) is 4.74 Å². The third-order valence-electron chi connectivity index (χ3n) is 3.27. The maximum Gasteiger partial charge on any atom is 0.137 e. The SMILES string of the molecule is Cc1cscc1OCC[N+](C)(C)C1C=CC=C1. The van der Waals surface area contributed by atoms with E-state index in [1.54, 1.807) is 11.3 Å². The highest BCUT2D eigenvalue weighted by Gasteiger charge is 2.24.